The number of benzene rings is 1. The predicted molar refractivity (Wildman–Crippen MR) is 94.1 cm³/mol. The molecule has 0 spiro atoms. The van der Waals surface area contributed by atoms with Gasteiger partial charge in [0.15, 0.2) is 0 Å². The van der Waals surface area contributed by atoms with Crippen LogP contribution in [0, 0.1) is 10.1 Å². The standard InChI is InChI=1S/C16H18BrNO4S/c1-16(2,3)23-14-8-13(22-15(14)19)12(9-18(20)21)10-4-6-11(17)7-5-10/h4-8,12-13H,9H2,1-3H3/t12-,13+/m0/s1. The minimum Gasteiger partial charge on any atom is -0.453 e. The number of nitrogens with zero attached hydrogens (tertiary/aromatic N) is 1. The summed E-state index contributed by atoms with van der Waals surface area (Å²) in [6, 6.07) is 7.28. The molecule has 124 valence electrons. The quantitative estimate of drug-likeness (QED) is 0.422. The van der Waals surface area contributed by atoms with Gasteiger partial charge in [-0.3, -0.25) is 10.1 Å². The van der Waals surface area contributed by atoms with Gasteiger partial charge in [-0.15, -0.1) is 11.8 Å². The van der Waals surface area contributed by atoms with Crippen LogP contribution in [0.2, 0.25) is 0 Å². The second-order valence-electron chi connectivity index (χ2n) is 6.29. The lowest BCUT2D eigenvalue weighted by molar-refractivity contribution is -0.484. The summed E-state index contributed by atoms with van der Waals surface area (Å²) in [5.41, 5.74) is 0.779. The molecule has 1 aliphatic heterocycles. The van der Waals surface area contributed by atoms with Crippen molar-refractivity contribution in [2.45, 2.75) is 37.5 Å². The van der Waals surface area contributed by atoms with E-state index in [1.54, 1.807) is 6.08 Å². The number of nitro groups is 1. The van der Waals surface area contributed by atoms with Crippen molar-refractivity contribution < 1.29 is 14.5 Å². The summed E-state index contributed by atoms with van der Waals surface area (Å²) in [4.78, 5) is 23.2. The Morgan fingerprint density at radius 1 is 1.35 bits per heavy atom. The van der Waals surface area contributed by atoms with E-state index in [1.165, 1.54) is 11.8 Å². The van der Waals surface area contributed by atoms with Gasteiger partial charge in [-0.1, -0.05) is 48.8 Å². The maximum atomic E-state index is 12.0. The van der Waals surface area contributed by atoms with Gasteiger partial charge >= 0.3 is 5.97 Å². The number of carbonyl (C=O) groups excluding carboxylic acids is 1. The Balaban J connectivity index is 2.28. The summed E-state index contributed by atoms with van der Waals surface area (Å²) < 4.78 is 6.16. The van der Waals surface area contributed by atoms with Crippen molar-refractivity contribution in [3.05, 3.63) is 55.4 Å². The molecular formula is C16H18BrNO4S. The molecule has 0 aromatic heterocycles. The SMILES string of the molecule is CC(C)(C)SC1=C[C@H]([C@@H](C[N+](=O)[O-])c2ccc(Br)cc2)OC1=O. The van der Waals surface area contributed by atoms with E-state index in [2.05, 4.69) is 15.9 Å². The Morgan fingerprint density at radius 3 is 2.48 bits per heavy atom. The third-order valence-electron chi connectivity index (χ3n) is 3.22. The van der Waals surface area contributed by atoms with Gasteiger partial charge in [-0.05, 0) is 23.8 Å². The average Bonchev–Trinajstić information content (AvgIpc) is 2.76. The van der Waals surface area contributed by atoms with Crippen LogP contribution in [0.1, 0.15) is 32.3 Å². The normalized spacial score (nSPS) is 19.2. The fourth-order valence-corrected chi connectivity index (χ4v) is 3.56. The molecular weight excluding hydrogens is 382 g/mol. The molecule has 7 heteroatoms. The Kier molecular flexibility index (Phi) is 5.52. The van der Waals surface area contributed by atoms with Gasteiger partial charge < -0.3 is 4.74 Å². The summed E-state index contributed by atoms with van der Waals surface area (Å²) in [7, 11) is 0. The van der Waals surface area contributed by atoms with Crippen molar-refractivity contribution in [3.63, 3.8) is 0 Å². The summed E-state index contributed by atoms with van der Waals surface area (Å²) in [5.74, 6) is -0.902. The van der Waals surface area contributed by atoms with Crippen LogP contribution in [0.4, 0.5) is 0 Å². The van der Waals surface area contributed by atoms with Crippen LogP contribution < -0.4 is 0 Å². The average molecular weight is 400 g/mol. The highest BCUT2D eigenvalue weighted by Gasteiger charge is 2.37. The highest BCUT2D eigenvalue weighted by atomic mass is 79.9. The molecule has 0 amide bonds. The molecule has 23 heavy (non-hydrogen) atoms. The van der Waals surface area contributed by atoms with Gasteiger partial charge in [0, 0.05) is 14.1 Å². The fourth-order valence-electron chi connectivity index (χ4n) is 2.31. The fraction of sp³-hybridized carbons (Fsp3) is 0.438. The number of halogens is 1. The van der Waals surface area contributed by atoms with Gasteiger partial charge in [-0.2, -0.15) is 0 Å². The first kappa shape index (κ1) is 18.0. The van der Waals surface area contributed by atoms with E-state index in [0.29, 0.717) is 4.91 Å². The van der Waals surface area contributed by atoms with Gasteiger partial charge in [0.1, 0.15) is 6.10 Å². The molecule has 0 N–H and O–H groups in total. The Morgan fingerprint density at radius 2 is 1.96 bits per heavy atom. The Labute approximate surface area is 147 Å². The summed E-state index contributed by atoms with van der Waals surface area (Å²) in [6.45, 7) is 5.72. The summed E-state index contributed by atoms with van der Waals surface area (Å²) in [5, 5.41) is 11.0. The molecule has 1 aromatic rings. The molecule has 0 unspecified atom stereocenters. The highest BCUT2D eigenvalue weighted by Crippen LogP contribution is 2.38. The molecule has 0 fully saturated rings. The molecule has 0 radical (unpaired) electrons. The smallest absolute Gasteiger partial charge is 0.345 e. The maximum Gasteiger partial charge on any atom is 0.345 e. The molecule has 1 aliphatic rings. The first-order chi connectivity index (χ1) is 10.7. The lowest BCUT2D eigenvalue weighted by Crippen LogP contribution is -2.25. The van der Waals surface area contributed by atoms with Crippen LogP contribution in [-0.4, -0.2) is 28.3 Å². The van der Waals surface area contributed by atoms with E-state index in [0.717, 1.165) is 10.0 Å². The monoisotopic (exact) mass is 399 g/mol. The van der Waals surface area contributed by atoms with E-state index in [1.807, 2.05) is 45.0 Å². The van der Waals surface area contributed by atoms with Crippen molar-refractivity contribution in [2.75, 3.05) is 6.54 Å². The van der Waals surface area contributed by atoms with Crippen molar-refractivity contribution >= 4 is 33.7 Å². The number of rotatable bonds is 5. The number of ether oxygens (including phenoxy) is 1. The zero-order valence-electron chi connectivity index (χ0n) is 13.1. The highest BCUT2D eigenvalue weighted by molar-refractivity contribution is 9.10. The number of carbonyl (C=O) groups is 1. The number of hydrogen-bond donors (Lipinski definition) is 0. The number of hydrogen-bond acceptors (Lipinski definition) is 5. The zero-order chi connectivity index (χ0) is 17.2. The van der Waals surface area contributed by atoms with Gasteiger partial charge in [-0.25, -0.2) is 4.79 Å². The van der Waals surface area contributed by atoms with Crippen molar-refractivity contribution in [1.82, 2.24) is 0 Å². The second-order valence-corrected chi connectivity index (χ2v) is 9.07. The molecule has 5 nitrogen and oxygen atoms in total. The van der Waals surface area contributed by atoms with Crippen LogP contribution in [-0.2, 0) is 9.53 Å². The van der Waals surface area contributed by atoms with Gasteiger partial charge in [0.25, 0.3) is 0 Å². The molecule has 0 aliphatic carbocycles. The second kappa shape index (κ2) is 7.05. The molecule has 2 rings (SSSR count). The Hall–Kier alpha value is -1.34. The van der Waals surface area contributed by atoms with E-state index in [4.69, 9.17) is 4.74 Å². The summed E-state index contributed by atoms with van der Waals surface area (Å²) >= 11 is 4.77. The first-order valence-corrected chi connectivity index (χ1v) is 8.76. The molecule has 2 atom stereocenters. The van der Waals surface area contributed by atoms with E-state index < -0.39 is 18.0 Å². The molecule has 0 saturated heterocycles. The van der Waals surface area contributed by atoms with Crippen molar-refractivity contribution in [1.29, 1.82) is 0 Å². The van der Waals surface area contributed by atoms with E-state index >= 15 is 0 Å². The zero-order valence-corrected chi connectivity index (χ0v) is 15.5. The van der Waals surface area contributed by atoms with Crippen molar-refractivity contribution in [3.8, 4) is 0 Å². The van der Waals surface area contributed by atoms with Crippen LogP contribution in [0.5, 0.6) is 0 Å². The van der Waals surface area contributed by atoms with Gasteiger partial charge in [0.05, 0.1) is 10.8 Å². The number of esters is 1. The number of cyclic esters (lactones) is 1. The van der Waals surface area contributed by atoms with Crippen LogP contribution in [0.25, 0.3) is 0 Å². The van der Waals surface area contributed by atoms with Gasteiger partial charge in [0.2, 0.25) is 6.54 Å². The molecule has 0 saturated carbocycles. The minimum atomic E-state index is -0.612. The topological polar surface area (TPSA) is 69.4 Å². The maximum absolute atomic E-state index is 12.0. The third kappa shape index (κ3) is 5.07. The molecule has 1 heterocycles. The van der Waals surface area contributed by atoms with E-state index in [9.17, 15) is 14.9 Å². The summed E-state index contributed by atoms with van der Waals surface area (Å²) in [6.07, 6.45) is 1.10. The molecule has 0 bridgehead atoms. The lowest BCUT2D eigenvalue weighted by atomic mass is 9.93. The first-order valence-electron chi connectivity index (χ1n) is 7.15. The van der Waals surface area contributed by atoms with Crippen molar-refractivity contribution in [2.24, 2.45) is 0 Å². The predicted octanol–water partition coefficient (Wildman–Crippen LogP) is 4.15. The minimum absolute atomic E-state index is 0.129. The van der Waals surface area contributed by atoms with E-state index in [-0.39, 0.29) is 16.2 Å². The number of thioether (sulfide) groups is 1. The van der Waals surface area contributed by atoms with Crippen LogP contribution in [0.3, 0.4) is 0 Å². The van der Waals surface area contributed by atoms with Crippen LogP contribution >= 0.6 is 27.7 Å². The van der Waals surface area contributed by atoms with Crippen LogP contribution in [0.15, 0.2) is 39.7 Å². The largest absolute Gasteiger partial charge is 0.453 e. The third-order valence-corrected chi connectivity index (χ3v) is 4.88. The lowest BCUT2D eigenvalue weighted by Gasteiger charge is -2.18. The molecule has 1 aromatic carbocycles. The Bertz CT molecular complexity index is 636.